The van der Waals surface area contributed by atoms with Gasteiger partial charge in [-0.05, 0) is 29.8 Å². The molecule has 0 fully saturated rings. The Hall–Kier alpha value is -2.60. The summed E-state index contributed by atoms with van der Waals surface area (Å²) < 4.78 is 4.98. The van der Waals surface area contributed by atoms with Crippen molar-refractivity contribution in [1.29, 1.82) is 0 Å². The van der Waals surface area contributed by atoms with Gasteiger partial charge in [0.2, 0.25) is 11.8 Å². The Bertz CT molecular complexity index is 674. The topological polar surface area (TPSA) is 80.3 Å². The first-order chi connectivity index (χ1) is 10.6. The van der Waals surface area contributed by atoms with Crippen molar-refractivity contribution < 1.29 is 14.3 Å². The molecule has 0 saturated heterocycles. The number of ether oxygens (including phenoxy) is 1. The number of nitrogens with one attached hydrogen (secondary N) is 2. The molecule has 2 amide bonds. The van der Waals surface area contributed by atoms with Gasteiger partial charge in [0, 0.05) is 11.2 Å². The molecule has 2 aromatic rings. The number of hydrogen-bond acceptors (Lipinski definition) is 4. The third-order valence-corrected chi connectivity index (χ3v) is 3.05. The monoisotopic (exact) mass is 319 g/mol. The number of aromatic nitrogens is 1. The van der Waals surface area contributed by atoms with Crippen LogP contribution >= 0.6 is 11.6 Å². The molecule has 1 aromatic heterocycles. The number of hydrogen-bond donors (Lipinski definition) is 2. The lowest BCUT2D eigenvalue weighted by molar-refractivity contribution is -0.121. The van der Waals surface area contributed by atoms with Crippen LogP contribution in [-0.4, -0.2) is 23.9 Å². The summed E-state index contributed by atoms with van der Waals surface area (Å²) in [6.07, 6.45) is 1.64. The van der Waals surface area contributed by atoms with Crippen LogP contribution in [0.5, 0.6) is 5.88 Å². The first-order valence-electron chi connectivity index (χ1n) is 6.43. The Labute approximate surface area is 132 Å². The lowest BCUT2D eigenvalue weighted by atomic mass is 10.1. The molecule has 0 aliphatic carbocycles. The van der Waals surface area contributed by atoms with Gasteiger partial charge in [-0.15, -0.1) is 0 Å². The number of hydrazine groups is 1. The molecule has 7 heteroatoms. The molecule has 0 aliphatic rings. The number of carbonyl (C=O) groups excluding carboxylic acids is 2. The smallest absolute Gasteiger partial charge is 0.275 e. The van der Waals surface area contributed by atoms with Crippen molar-refractivity contribution in [2.75, 3.05) is 7.11 Å². The number of amides is 2. The summed E-state index contributed by atoms with van der Waals surface area (Å²) in [6, 6.07) is 10.0. The van der Waals surface area contributed by atoms with Crippen LogP contribution in [0.1, 0.15) is 15.9 Å². The third-order valence-electron chi connectivity index (χ3n) is 2.80. The number of rotatable bonds is 4. The molecule has 0 unspecified atom stereocenters. The first-order valence-corrected chi connectivity index (χ1v) is 6.80. The average molecular weight is 320 g/mol. The molecule has 0 saturated carbocycles. The van der Waals surface area contributed by atoms with Gasteiger partial charge in [-0.25, -0.2) is 4.98 Å². The maximum absolute atomic E-state index is 12.0. The average Bonchev–Trinajstić information content (AvgIpc) is 2.54. The summed E-state index contributed by atoms with van der Waals surface area (Å²) >= 11 is 5.77. The van der Waals surface area contributed by atoms with Gasteiger partial charge in [-0.3, -0.25) is 20.4 Å². The Balaban J connectivity index is 1.90. The molecule has 0 atom stereocenters. The third kappa shape index (κ3) is 4.20. The van der Waals surface area contributed by atoms with E-state index < -0.39 is 5.91 Å². The number of carbonyl (C=O) groups is 2. The van der Waals surface area contributed by atoms with Crippen LogP contribution in [0.15, 0.2) is 42.6 Å². The van der Waals surface area contributed by atoms with E-state index in [4.69, 9.17) is 16.3 Å². The van der Waals surface area contributed by atoms with Gasteiger partial charge in [0.1, 0.15) is 5.56 Å². The highest BCUT2D eigenvalue weighted by atomic mass is 35.5. The number of nitrogens with zero attached hydrogens (tertiary/aromatic N) is 1. The largest absolute Gasteiger partial charge is 0.480 e. The van der Waals surface area contributed by atoms with Crippen molar-refractivity contribution in [1.82, 2.24) is 15.8 Å². The molecule has 114 valence electrons. The molecule has 2 rings (SSSR count). The molecule has 1 heterocycles. The van der Waals surface area contributed by atoms with Gasteiger partial charge in [-0.2, -0.15) is 0 Å². The zero-order valence-electron chi connectivity index (χ0n) is 11.8. The van der Waals surface area contributed by atoms with Crippen LogP contribution < -0.4 is 15.6 Å². The minimum atomic E-state index is -0.505. The second-order valence-electron chi connectivity index (χ2n) is 4.37. The second kappa shape index (κ2) is 7.42. The van der Waals surface area contributed by atoms with E-state index in [1.165, 1.54) is 13.3 Å². The Morgan fingerprint density at radius 2 is 1.91 bits per heavy atom. The highest BCUT2D eigenvalue weighted by molar-refractivity contribution is 6.30. The van der Waals surface area contributed by atoms with Crippen molar-refractivity contribution in [3.63, 3.8) is 0 Å². The van der Waals surface area contributed by atoms with Gasteiger partial charge >= 0.3 is 0 Å². The molecular weight excluding hydrogens is 306 g/mol. The summed E-state index contributed by atoms with van der Waals surface area (Å²) in [6.45, 7) is 0. The fraction of sp³-hybridized carbons (Fsp3) is 0.133. The predicted molar refractivity (Wildman–Crippen MR) is 81.6 cm³/mol. The van der Waals surface area contributed by atoms with Crippen molar-refractivity contribution >= 4 is 23.4 Å². The summed E-state index contributed by atoms with van der Waals surface area (Å²) in [7, 11) is 1.41. The van der Waals surface area contributed by atoms with Gasteiger partial charge in [-0.1, -0.05) is 23.7 Å². The highest BCUT2D eigenvalue weighted by Gasteiger charge is 2.13. The van der Waals surface area contributed by atoms with Gasteiger partial charge < -0.3 is 4.74 Å². The van der Waals surface area contributed by atoms with Gasteiger partial charge in [0.25, 0.3) is 5.91 Å². The number of methoxy groups -OCH3 is 1. The molecule has 0 radical (unpaired) electrons. The SMILES string of the molecule is COc1ncccc1C(=O)NNC(=O)Cc1ccc(Cl)cc1. The fourth-order valence-electron chi connectivity index (χ4n) is 1.75. The lowest BCUT2D eigenvalue weighted by Crippen LogP contribution is -2.42. The molecular formula is C15H14ClN3O3. The summed E-state index contributed by atoms with van der Waals surface area (Å²) in [4.78, 5) is 27.7. The molecule has 0 spiro atoms. The van der Waals surface area contributed by atoms with Crippen LogP contribution in [-0.2, 0) is 11.2 Å². The fourth-order valence-corrected chi connectivity index (χ4v) is 1.88. The standard InChI is InChI=1S/C15H14ClN3O3/c1-22-15-12(3-2-8-17-15)14(21)19-18-13(20)9-10-4-6-11(16)7-5-10/h2-8H,9H2,1H3,(H,18,20)(H,19,21). The van der Waals surface area contributed by atoms with Crippen LogP contribution in [0.3, 0.4) is 0 Å². The maximum Gasteiger partial charge on any atom is 0.275 e. The number of pyridine rings is 1. The zero-order chi connectivity index (χ0) is 15.9. The normalized spacial score (nSPS) is 9.91. The molecule has 1 aromatic carbocycles. The highest BCUT2D eigenvalue weighted by Crippen LogP contribution is 2.12. The number of halogens is 1. The molecule has 0 bridgehead atoms. The number of benzene rings is 1. The van der Waals surface area contributed by atoms with Gasteiger partial charge in [0.15, 0.2) is 0 Å². The second-order valence-corrected chi connectivity index (χ2v) is 4.80. The molecule has 22 heavy (non-hydrogen) atoms. The maximum atomic E-state index is 12.0. The quantitative estimate of drug-likeness (QED) is 0.841. The minimum Gasteiger partial charge on any atom is -0.480 e. The Morgan fingerprint density at radius 1 is 1.18 bits per heavy atom. The zero-order valence-corrected chi connectivity index (χ0v) is 12.6. The van der Waals surface area contributed by atoms with E-state index >= 15 is 0 Å². The summed E-state index contributed by atoms with van der Waals surface area (Å²) in [5, 5.41) is 0.598. The van der Waals surface area contributed by atoms with E-state index in [-0.39, 0.29) is 23.8 Å². The lowest BCUT2D eigenvalue weighted by Gasteiger charge is -2.09. The van der Waals surface area contributed by atoms with E-state index in [9.17, 15) is 9.59 Å². The van der Waals surface area contributed by atoms with Crippen LogP contribution in [0.25, 0.3) is 0 Å². The van der Waals surface area contributed by atoms with Crippen molar-refractivity contribution in [3.05, 3.63) is 58.7 Å². The van der Waals surface area contributed by atoms with Crippen LogP contribution in [0.4, 0.5) is 0 Å². The first kappa shape index (κ1) is 15.8. The van der Waals surface area contributed by atoms with E-state index in [2.05, 4.69) is 15.8 Å². The summed E-state index contributed by atoms with van der Waals surface area (Å²) in [5.41, 5.74) is 5.68. The van der Waals surface area contributed by atoms with E-state index in [0.717, 1.165) is 5.56 Å². The summed E-state index contributed by atoms with van der Waals surface area (Å²) in [5.74, 6) is -0.667. The molecule has 2 N–H and O–H groups in total. The van der Waals surface area contributed by atoms with Crippen LogP contribution in [0, 0.1) is 0 Å². The van der Waals surface area contributed by atoms with Crippen molar-refractivity contribution in [2.45, 2.75) is 6.42 Å². The van der Waals surface area contributed by atoms with Gasteiger partial charge in [0.05, 0.1) is 13.5 Å². The van der Waals surface area contributed by atoms with Crippen LogP contribution in [0.2, 0.25) is 5.02 Å². The molecule has 0 aliphatic heterocycles. The minimum absolute atomic E-state index is 0.127. The Kier molecular flexibility index (Phi) is 5.32. The van der Waals surface area contributed by atoms with E-state index in [1.54, 1.807) is 36.4 Å². The van der Waals surface area contributed by atoms with E-state index in [1.807, 2.05) is 0 Å². The molecule has 6 nitrogen and oxygen atoms in total. The Morgan fingerprint density at radius 3 is 2.59 bits per heavy atom. The van der Waals surface area contributed by atoms with Crippen molar-refractivity contribution in [3.8, 4) is 5.88 Å². The predicted octanol–water partition coefficient (Wildman–Crippen LogP) is 1.75. The van der Waals surface area contributed by atoms with E-state index in [0.29, 0.717) is 5.02 Å². The van der Waals surface area contributed by atoms with Crippen molar-refractivity contribution in [2.24, 2.45) is 0 Å².